The molecule has 0 radical (unpaired) electrons. The maximum atomic E-state index is 12.2. The molecule has 8 nitrogen and oxygen atoms in total. The standard InChI is InChI=1S/C24H24N2O6S/c1-2-25-33(29,30)22-10-6-9-19(15-22)24(28)32-17-23(27)26-20-11-13-21(14-12-20)31-16-18-7-4-3-5-8-18/h3-15,25H,2,16-17H2,1H3,(H,26,27). The molecule has 0 atom stereocenters. The second-order valence-electron chi connectivity index (χ2n) is 6.95. The van der Waals surface area contributed by atoms with Crippen LogP contribution in [0.3, 0.4) is 0 Å². The Morgan fingerprint density at radius 2 is 1.64 bits per heavy atom. The van der Waals surface area contributed by atoms with Gasteiger partial charge in [-0.3, -0.25) is 4.79 Å². The van der Waals surface area contributed by atoms with Gasteiger partial charge in [0, 0.05) is 12.2 Å². The Morgan fingerprint density at radius 1 is 0.909 bits per heavy atom. The number of anilines is 1. The van der Waals surface area contributed by atoms with Crippen LogP contribution in [0.2, 0.25) is 0 Å². The molecule has 3 rings (SSSR count). The van der Waals surface area contributed by atoms with Crippen LogP contribution >= 0.6 is 0 Å². The zero-order valence-corrected chi connectivity index (χ0v) is 18.8. The van der Waals surface area contributed by atoms with Crippen molar-refractivity contribution >= 4 is 27.6 Å². The summed E-state index contributed by atoms with van der Waals surface area (Å²) in [5.41, 5.74) is 1.59. The van der Waals surface area contributed by atoms with Gasteiger partial charge in [-0.15, -0.1) is 0 Å². The first-order chi connectivity index (χ1) is 15.9. The fourth-order valence-electron chi connectivity index (χ4n) is 2.85. The molecule has 0 spiro atoms. The van der Waals surface area contributed by atoms with Crippen molar-refractivity contribution in [3.8, 4) is 5.75 Å². The topological polar surface area (TPSA) is 111 Å². The smallest absolute Gasteiger partial charge is 0.338 e. The predicted octanol–water partition coefficient (Wildman–Crippen LogP) is 3.36. The van der Waals surface area contributed by atoms with E-state index in [1.54, 1.807) is 31.2 Å². The molecule has 9 heteroatoms. The fraction of sp³-hybridized carbons (Fsp3) is 0.167. The maximum absolute atomic E-state index is 12.2. The van der Waals surface area contributed by atoms with Crippen molar-refractivity contribution < 1.29 is 27.5 Å². The van der Waals surface area contributed by atoms with E-state index >= 15 is 0 Å². The lowest BCUT2D eigenvalue weighted by Crippen LogP contribution is -2.24. The van der Waals surface area contributed by atoms with Crippen LogP contribution in [0.25, 0.3) is 0 Å². The van der Waals surface area contributed by atoms with Crippen LogP contribution in [0.1, 0.15) is 22.8 Å². The molecular weight excluding hydrogens is 444 g/mol. The highest BCUT2D eigenvalue weighted by molar-refractivity contribution is 7.89. The minimum atomic E-state index is -3.71. The predicted molar refractivity (Wildman–Crippen MR) is 123 cm³/mol. The number of benzene rings is 3. The van der Waals surface area contributed by atoms with E-state index in [4.69, 9.17) is 9.47 Å². The molecule has 0 aliphatic carbocycles. The third-order valence-corrected chi connectivity index (χ3v) is 5.98. The van der Waals surface area contributed by atoms with E-state index in [1.165, 1.54) is 24.3 Å². The third kappa shape index (κ3) is 7.16. The minimum Gasteiger partial charge on any atom is -0.489 e. The summed E-state index contributed by atoms with van der Waals surface area (Å²) in [7, 11) is -3.71. The van der Waals surface area contributed by atoms with Crippen molar-refractivity contribution in [2.75, 3.05) is 18.5 Å². The number of ether oxygens (including phenoxy) is 2. The molecule has 0 fully saturated rings. The number of hydrogen-bond donors (Lipinski definition) is 2. The van der Waals surface area contributed by atoms with Crippen LogP contribution in [0.15, 0.2) is 83.8 Å². The Morgan fingerprint density at radius 3 is 2.33 bits per heavy atom. The number of amides is 1. The molecule has 2 N–H and O–H groups in total. The summed E-state index contributed by atoms with van der Waals surface area (Å²) in [5, 5.41) is 2.62. The third-order valence-electron chi connectivity index (χ3n) is 4.44. The van der Waals surface area contributed by atoms with Gasteiger partial charge in [0.2, 0.25) is 10.0 Å². The van der Waals surface area contributed by atoms with Gasteiger partial charge in [-0.1, -0.05) is 43.3 Å². The van der Waals surface area contributed by atoms with E-state index in [-0.39, 0.29) is 17.0 Å². The van der Waals surface area contributed by atoms with Gasteiger partial charge in [-0.05, 0) is 48.0 Å². The molecule has 0 aliphatic rings. The lowest BCUT2D eigenvalue weighted by Gasteiger charge is -2.09. The van der Waals surface area contributed by atoms with E-state index in [1.807, 2.05) is 30.3 Å². The summed E-state index contributed by atoms with van der Waals surface area (Å²) in [5.74, 6) is -0.684. The first-order valence-corrected chi connectivity index (χ1v) is 11.7. The van der Waals surface area contributed by atoms with E-state index in [0.29, 0.717) is 18.0 Å². The van der Waals surface area contributed by atoms with Crippen molar-refractivity contribution in [2.24, 2.45) is 0 Å². The minimum absolute atomic E-state index is 0.0293. The van der Waals surface area contributed by atoms with E-state index < -0.39 is 28.5 Å². The number of carbonyl (C=O) groups is 2. The molecule has 0 bridgehead atoms. The number of rotatable bonds is 10. The zero-order valence-electron chi connectivity index (χ0n) is 18.0. The molecule has 0 heterocycles. The van der Waals surface area contributed by atoms with Crippen molar-refractivity contribution in [3.05, 3.63) is 90.0 Å². The molecule has 0 saturated carbocycles. The zero-order chi connectivity index (χ0) is 23.7. The molecule has 3 aromatic carbocycles. The summed E-state index contributed by atoms with van der Waals surface area (Å²) in [6, 6.07) is 22.0. The van der Waals surface area contributed by atoms with Gasteiger partial charge < -0.3 is 14.8 Å². The molecule has 33 heavy (non-hydrogen) atoms. The van der Waals surface area contributed by atoms with Gasteiger partial charge in [0.1, 0.15) is 12.4 Å². The van der Waals surface area contributed by atoms with Crippen molar-refractivity contribution in [3.63, 3.8) is 0 Å². The fourth-order valence-corrected chi connectivity index (χ4v) is 3.94. The van der Waals surface area contributed by atoms with Gasteiger partial charge in [0.15, 0.2) is 6.61 Å². The van der Waals surface area contributed by atoms with E-state index in [0.717, 1.165) is 5.56 Å². The lowest BCUT2D eigenvalue weighted by atomic mass is 10.2. The van der Waals surface area contributed by atoms with Crippen LogP contribution < -0.4 is 14.8 Å². The van der Waals surface area contributed by atoms with Crippen molar-refractivity contribution in [1.82, 2.24) is 4.72 Å². The molecular formula is C24H24N2O6S. The van der Waals surface area contributed by atoms with Crippen LogP contribution in [0.5, 0.6) is 5.75 Å². The normalized spacial score (nSPS) is 10.9. The highest BCUT2D eigenvalue weighted by Gasteiger charge is 2.16. The largest absolute Gasteiger partial charge is 0.489 e. The van der Waals surface area contributed by atoms with Gasteiger partial charge in [0.25, 0.3) is 5.91 Å². The number of esters is 1. The molecule has 0 aliphatic heterocycles. The number of sulfonamides is 1. The van der Waals surface area contributed by atoms with Crippen LogP contribution in [0, 0.1) is 0 Å². The van der Waals surface area contributed by atoms with Gasteiger partial charge >= 0.3 is 5.97 Å². The highest BCUT2D eigenvalue weighted by atomic mass is 32.2. The maximum Gasteiger partial charge on any atom is 0.338 e. The van der Waals surface area contributed by atoms with Crippen molar-refractivity contribution in [1.29, 1.82) is 0 Å². The second kappa shape index (κ2) is 11.3. The van der Waals surface area contributed by atoms with E-state index in [9.17, 15) is 18.0 Å². The number of carbonyl (C=O) groups excluding carboxylic acids is 2. The summed E-state index contributed by atoms with van der Waals surface area (Å²) < 4.78 is 37.2. The molecule has 172 valence electrons. The summed E-state index contributed by atoms with van der Waals surface area (Å²) in [6.45, 7) is 1.78. The molecule has 0 saturated heterocycles. The lowest BCUT2D eigenvalue weighted by molar-refractivity contribution is -0.119. The Labute approximate surface area is 192 Å². The molecule has 0 aromatic heterocycles. The van der Waals surface area contributed by atoms with Crippen LogP contribution in [-0.4, -0.2) is 33.4 Å². The SMILES string of the molecule is CCNS(=O)(=O)c1cccc(C(=O)OCC(=O)Nc2ccc(OCc3ccccc3)cc2)c1. The first-order valence-electron chi connectivity index (χ1n) is 10.2. The summed E-state index contributed by atoms with van der Waals surface area (Å²) >= 11 is 0. The van der Waals surface area contributed by atoms with Gasteiger partial charge in [0.05, 0.1) is 10.5 Å². The monoisotopic (exact) mass is 468 g/mol. The number of nitrogens with one attached hydrogen (secondary N) is 2. The van der Waals surface area contributed by atoms with Crippen LogP contribution in [-0.2, 0) is 26.2 Å². The number of hydrogen-bond acceptors (Lipinski definition) is 6. The Bertz CT molecular complexity index is 1200. The Kier molecular flexibility index (Phi) is 8.17. The van der Waals surface area contributed by atoms with Crippen molar-refractivity contribution in [2.45, 2.75) is 18.4 Å². The summed E-state index contributed by atoms with van der Waals surface area (Å²) in [4.78, 5) is 24.3. The quantitative estimate of drug-likeness (QED) is 0.442. The van der Waals surface area contributed by atoms with E-state index in [2.05, 4.69) is 10.0 Å². The first kappa shape index (κ1) is 24.0. The Balaban J connectivity index is 1.49. The second-order valence-corrected chi connectivity index (χ2v) is 8.72. The summed E-state index contributed by atoms with van der Waals surface area (Å²) in [6.07, 6.45) is 0. The molecule has 1 amide bonds. The molecule has 3 aromatic rings. The highest BCUT2D eigenvalue weighted by Crippen LogP contribution is 2.17. The van der Waals surface area contributed by atoms with Crippen LogP contribution in [0.4, 0.5) is 5.69 Å². The molecule has 0 unspecified atom stereocenters. The van der Waals surface area contributed by atoms with Gasteiger partial charge in [-0.2, -0.15) is 0 Å². The van der Waals surface area contributed by atoms with Gasteiger partial charge in [-0.25, -0.2) is 17.9 Å². The average molecular weight is 469 g/mol. The average Bonchev–Trinajstić information content (AvgIpc) is 2.83. The Hall–Kier alpha value is -3.69.